The molecule has 0 atom stereocenters. The van der Waals surface area contributed by atoms with Crippen molar-refractivity contribution in [3.8, 4) is 0 Å². The van der Waals surface area contributed by atoms with Crippen molar-refractivity contribution in [2.24, 2.45) is 5.92 Å². The van der Waals surface area contributed by atoms with Gasteiger partial charge in [0, 0.05) is 32.4 Å². The first-order valence-electron chi connectivity index (χ1n) is 7.54. The molecule has 19 heavy (non-hydrogen) atoms. The van der Waals surface area contributed by atoms with Gasteiger partial charge in [-0.1, -0.05) is 26.7 Å². The molecular weight excluding hydrogens is 234 g/mol. The highest BCUT2D eigenvalue weighted by Gasteiger charge is 2.18. The predicted molar refractivity (Wildman–Crippen MR) is 81.4 cm³/mol. The van der Waals surface area contributed by atoms with Crippen LogP contribution in [0.4, 0.5) is 5.69 Å². The summed E-state index contributed by atoms with van der Waals surface area (Å²) in [5.74, 6) is 0.871. The van der Waals surface area contributed by atoms with Gasteiger partial charge in [0.15, 0.2) is 0 Å². The van der Waals surface area contributed by atoms with Crippen molar-refractivity contribution >= 4 is 5.69 Å². The second-order valence-electron chi connectivity index (χ2n) is 6.07. The maximum atomic E-state index is 4.30. The molecule has 1 saturated carbocycles. The largest absolute Gasteiger partial charge is 0.373 e. The minimum Gasteiger partial charge on any atom is -0.373 e. The Hall–Kier alpha value is -1.09. The fraction of sp³-hybridized carbons (Fsp3) is 0.688. The first-order valence-corrected chi connectivity index (χ1v) is 7.54. The lowest BCUT2D eigenvalue weighted by atomic mass is 10.1. The zero-order valence-electron chi connectivity index (χ0n) is 12.5. The Bertz CT molecular complexity index is 383. The smallest absolute Gasteiger partial charge is 0.0595 e. The fourth-order valence-electron chi connectivity index (χ4n) is 2.90. The summed E-state index contributed by atoms with van der Waals surface area (Å²) in [6.45, 7) is 6.46. The molecule has 1 aromatic heterocycles. The van der Waals surface area contributed by atoms with Crippen molar-refractivity contribution in [2.75, 3.05) is 18.5 Å². The van der Waals surface area contributed by atoms with Crippen LogP contribution in [-0.4, -0.2) is 24.6 Å². The molecule has 2 rings (SSSR count). The molecule has 1 aromatic rings. The molecule has 1 fully saturated rings. The molecule has 0 amide bonds. The summed E-state index contributed by atoms with van der Waals surface area (Å²) in [6.07, 6.45) is 9.51. The number of hydrogen-bond donors (Lipinski definition) is 1. The molecule has 1 aliphatic carbocycles. The summed E-state index contributed by atoms with van der Waals surface area (Å²) in [7, 11) is 2.20. The summed E-state index contributed by atoms with van der Waals surface area (Å²) in [4.78, 5) is 6.69. The maximum absolute atomic E-state index is 4.30. The van der Waals surface area contributed by atoms with E-state index in [0.29, 0.717) is 6.04 Å². The van der Waals surface area contributed by atoms with Gasteiger partial charge in [-0.15, -0.1) is 0 Å². The molecule has 0 unspecified atom stereocenters. The van der Waals surface area contributed by atoms with E-state index in [-0.39, 0.29) is 0 Å². The Labute approximate surface area is 117 Å². The van der Waals surface area contributed by atoms with Gasteiger partial charge in [-0.25, -0.2) is 0 Å². The van der Waals surface area contributed by atoms with Crippen molar-refractivity contribution in [2.45, 2.75) is 52.1 Å². The van der Waals surface area contributed by atoms with E-state index >= 15 is 0 Å². The standard InChI is InChI=1S/C16H27N3/c1-13(2)18-10-15-8-9-17-11-16(15)19(3)12-14-6-4-5-7-14/h8-9,11,13-14,18H,4-7,10,12H2,1-3H3. The van der Waals surface area contributed by atoms with Crippen molar-refractivity contribution in [1.82, 2.24) is 10.3 Å². The van der Waals surface area contributed by atoms with E-state index in [9.17, 15) is 0 Å². The summed E-state index contributed by atoms with van der Waals surface area (Å²) in [5, 5.41) is 3.50. The van der Waals surface area contributed by atoms with Crippen LogP contribution < -0.4 is 10.2 Å². The van der Waals surface area contributed by atoms with Crippen LogP contribution in [0.5, 0.6) is 0 Å². The van der Waals surface area contributed by atoms with Gasteiger partial charge in [0.2, 0.25) is 0 Å². The van der Waals surface area contributed by atoms with Crippen LogP contribution in [0.1, 0.15) is 45.1 Å². The SMILES string of the molecule is CC(C)NCc1ccncc1N(C)CC1CCCC1. The highest BCUT2D eigenvalue weighted by molar-refractivity contribution is 5.51. The lowest BCUT2D eigenvalue weighted by Gasteiger charge is -2.25. The average Bonchev–Trinajstić information content (AvgIpc) is 2.89. The van der Waals surface area contributed by atoms with E-state index in [0.717, 1.165) is 12.5 Å². The number of nitrogens with zero attached hydrogens (tertiary/aromatic N) is 2. The molecule has 0 aliphatic heterocycles. The van der Waals surface area contributed by atoms with Crippen molar-refractivity contribution in [3.05, 3.63) is 24.0 Å². The van der Waals surface area contributed by atoms with Crippen molar-refractivity contribution in [1.29, 1.82) is 0 Å². The third-order valence-corrected chi connectivity index (χ3v) is 4.01. The number of pyridine rings is 1. The zero-order valence-corrected chi connectivity index (χ0v) is 12.5. The Morgan fingerprint density at radius 2 is 2.11 bits per heavy atom. The van der Waals surface area contributed by atoms with E-state index in [1.165, 1.54) is 43.5 Å². The number of anilines is 1. The first-order chi connectivity index (χ1) is 9.16. The predicted octanol–water partition coefficient (Wildman–Crippen LogP) is 3.21. The normalized spacial score (nSPS) is 16.2. The quantitative estimate of drug-likeness (QED) is 0.852. The third-order valence-electron chi connectivity index (χ3n) is 4.01. The monoisotopic (exact) mass is 261 g/mol. The minimum absolute atomic E-state index is 0.515. The molecular formula is C16H27N3. The van der Waals surface area contributed by atoms with Gasteiger partial charge in [0.1, 0.15) is 0 Å². The molecule has 0 spiro atoms. The number of rotatable bonds is 6. The summed E-state index contributed by atoms with van der Waals surface area (Å²) in [5.41, 5.74) is 2.63. The molecule has 1 aliphatic rings. The molecule has 3 nitrogen and oxygen atoms in total. The van der Waals surface area contributed by atoms with E-state index in [2.05, 4.69) is 42.2 Å². The summed E-state index contributed by atoms with van der Waals surface area (Å²) in [6, 6.07) is 2.65. The molecule has 0 saturated heterocycles. The van der Waals surface area contributed by atoms with E-state index in [4.69, 9.17) is 0 Å². The van der Waals surface area contributed by atoms with Gasteiger partial charge in [-0.05, 0) is 30.4 Å². The molecule has 3 heteroatoms. The van der Waals surface area contributed by atoms with Crippen LogP contribution in [0.15, 0.2) is 18.5 Å². The Kier molecular flexibility index (Phi) is 5.20. The summed E-state index contributed by atoms with van der Waals surface area (Å²) < 4.78 is 0. The van der Waals surface area contributed by atoms with Gasteiger partial charge < -0.3 is 10.2 Å². The molecule has 0 bridgehead atoms. The van der Waals surface area contributed by atoms with Gasteiger partial charge in [-0.3, -0.25) is 4.98 Å². The zero-order chi connectivity index (χ0) is 13.7. The molecule has 0 aromatic carbocycles. The van der Waals surface area contributed by atoms with Crippen LogP contribution in [-0.2, 0) is 6.54 Å². The van der Waals surface area contributed by atoms with Gasteiger partial charge >= 0.3 is 0 Å². The van der Waals surface area contributed by atoms with Gasteiger partial charge in [-0.2, -0.15) is 0 Å². The second-order valence-corrected chi connectivity index (χ2v) is 6.07. The third kappa shape index (κ3) is 4.20. The Morgan fingerprint density at radius 1 is 1.37 bits per heavy atom. The topological polar surface area (TPSA) is 28.2 Å². The molecule has 106 valence electrons. The van der Waals surface area contributed by atoms with E-state index in [1.807, 2.05) is 12.4 Å². The van der Waals surface area contributed by atoms with Crippen LogP contribution in [0, 0.1) is 5.92 Å². The fourth-order valence-corrected chi connectivity index (χ4v) is 2.90. The van der Waals surface area contributed by atoms with E-state index in [1.54, 1.807) is 0 Å². The first kappa shape index (κ1) is 14.3. The maximum Gasteiger partial charge on any atom is 0.0595 e. The van der Waals surface area contributed by atoms with Crippen LogP contribution >= 0.6 is 0 Å². The van der Waals surface area contributed by atoms with Crippen molar-refractivity contribution in [3.63, 3.8) is 0 Å². The Morgan fingerprint density at radius 3 is 2.79 bits per heavy atom. The lowest BCUT2D eigenvalue weighted by Crippen LogP contribution is -2.27. The van der Waals surface area contributed by atoms with Crippen molar-refractivity contribution < 1.29 is 0 Å². The molecule has 1 heterocycles. The van der Waals surface area contributed by atoms with Gasteiger partial charge in [0.25, 0.3) is 0 Å². The van der Waals surface area contributed by atoms with E-state index < -0.39 is 0 Å². The average molecular weight is 261 g/mol. The highest BCUT2D eigenvalue weighted by Crippen LogP contribution is 2.27. The van der Waals surface area contributed by atoms with Crippen LogP contribution in [0.3, 0.4) is 0 Å². The number of hydrogen-bond acceptors (Lipinski definition) is 3. The lowest BCUT2D eigenvalue weighted by molar-refractivity contribution is 0.543. The van der Waals surface area contributed by atoms with Crippen LogP contribution in [0.2, 0.25) is 0 Å². The highest BCUT2D eigenvalue weighted by atomic mass is 15.1. The minimum atomic E-state index is 0.515. The molecule has 0 radical (unpaired) electrons. The Balaban J connectivity index is 2.00. The van der Waals surface area contributed by atoms with Gasteiger partial charge in [0.05, 0.1) is 11.9 Å². The number of nitrogens with one attached hydrogen (secondary N) is 1. The summed E-state index contributed by atoms with van der Waals surface area (Å²) >= 11 is 0. The van der Waals surface area contributed by atoms with Crippen LogP contribution in [0.25, 0.3) is 0 Å². The molecule has 1 N–H and O–H groups in total. The number of aromatic nitrogens is 1. The second kappa shape index (κ2) is 6.90.